The Morgan fingerprint density at radius 1 is 0.923 bits per heavy atom. The lowest BCUT2D eigenvalue weighted by atomic mass is 10.1. The van der Waals surface area contributed by atoms with Gasteiger partial charge in [-0.25, -0.2) is 0 Å². The molecule has 2 aromatic carbocycles. The van der Waals surface area contributed by atoms with Crippen molar-refractivity contribution in [2.45, 2.75) is 19.4 Å². The molecule has 0 saturated heterocycles. The van der Waals surface area contributed by atoms with E-state index in [1.54, 1.807) is 7.11 Å². The molecule has 0 aromatic heterocycles. The van der Waals surface area contributed by atoms with Crippen LogP contribution in [0.4, 0.5) is 0 Å². The Labute approximate surface area is 153 Å². The molecule has 0 radical (unpaired) electrons. The van der Waals surface area contributed by atoms with Gasteiger partial charge in [0.25, 0.3) is 0 Å². The number of rotatable bonds is 8. The first kappa shape index (κ1) is 18.0. The van der Waals surface area contributed by atoms with Crippen molar-refractivity contribution in [3.8, 4) is 5.75 Å². The van der Waals surface area contributed by atoms with Gasteiger partial charge in [0, 0.05) is 13.1 Å². The first-order chi connectivity index (χ1) is 12.7. The summed E-state index contributed by atoms with van der Waals surface area (Å²) < 4.78 is 5.13. The van der Waals surface area contributed by atoms with E-state index in [9.17, 15) is 9.59 Å². The second-order valence-electron chi connectivity index (χ2n) is 6.54. The van der Waals surface area contributed by atoms with E-state index < -0.39 is 0 Å². The maximum absolute atomic E-state index is 12.2. The summed E-state index contributed by atoms with van der Waals surface area (Å²) in [4.78, 5) is 24.3. The molecule has 5 heteroatoms. The maximum Gasteiger partial charge on any atom is 0.224 e. The summed E-state index contributed by atoms with van der Waals surface area (Å²) in [5.74, 6) is 0.365. The second kappa shape index (κ2) is 8.52. The van der Waals surface area contributed by atoms with Gasteiger partial charge in [-0.3, -0.25) is 9.59 Å². The Morgan fingerprint density at radius 3 is 2.23 bits per heavy atom. The number of amides is 2. The molecular weight excluding hydrogens is 328 g/mol. The maximum atomic E-state index is 12.2. The Kier molecular flexibility index (Phi) is 5.89. The molecule has 0 aliphatic heterocycles. The molecule has 2 aromatic rings. The summed E-state index contributed by atoms with van der Waals surface area (Å²) in [7, 11) is 1.64. The van der Waals surface area contributed by atoms with Crippen molar-refractivity contribution < 1.29 is 14.3 Å². The molecule has 1 saturated carbocycles. The fourth-order valence-electron chi connectivity index (χ4n) is 2.94. The molecule has 0 heterocycles. The molecule has 1 fully saturated rings. The lowest BCUT2D eigenvalue weighted by Gasteiger charge is -2.07. The summed E-state index contributed by atoms with van der Waals surface area (Å²) in [6.07, 6.45) is 1.39. The van der Waals surface area contributed by atoms with Crippen molar-refractivity contribution in [2.75, 3.05) is 13.7 Å². The molecule has 0 spiro atoms. The summed E-state index contributed by atoms with van der Waals surface area (Å²) >= 11 is 0. The van der Waals surface area contributed by atoms with E-state index in [4.69, 9.17) is 4.74 Å². The van der Waals surface area contributed by atoms with Crippen molar-refractivity contribution in [3.05, 3.63) is 65.7 Å². The number of carbonyl (C=O) groups is 2. The van der Waals surface area contributed by atoms with Gasteiger partial charge < -0.3 is 15.4 Å². The van der Waals surface area contributed by atoms with Crippen LogP contribution in [-0.4, -0.2) is 25.5 Å². The van der Waals surface area contributed by atoms with E-state index >= 15 is 0 Å². The lowest BCUT2D eigenvalue weighted by Crippen LogP contribution is -2.31. The monoisotopic (exact) mass is 352 g/mol. The van der Waals surface area contributed by atoms with Gasteiger partial charge in [-0.05, 0) is 36.1 Å². The van der Waals surface area contributed by atoms with Gasteiger partial charge in [-0.15, -0.1) is 0 Å². The van der Waals surface area contributed by atoms with Crippen LogP contribution in [0.1, 0.15) is 17.5 Å². The SMILES string of the molecule is COc1ccc(CCNC(=O)C2CC2C(=O)NCc2ccccc2)cc1. The van der Waals surface area contributed by atoms with Crippen LogP contribution in [0.2, 0.25) is 0 Å². The van der Waals surface area contributed by atoms with E-state index in [-0.39, 0.29) is 23.7 Å². The van der Waals surface area contributed by atoms with Crippen molar-refractivity contribution in [1.29, 1.82) is 0 Å². The highest BCUT2D eigenvalue weighted by Crippen LogP contribution is 2.38. The third-order valence-electron chi connectivity index (χ3n) is 4.65. The normalized spacial score (nSPS) is 18.0. The van der Waals surface area contributed by atoms with Gasteiger partial charge in [0.2, 0.25) is 11.8 Å². The second-order valence-corrected chi connectivity index (χ2v) is 6.54. The summed E-state index contributed by atoms with van der Waals surface area (Å²) in [6.45, 7) is 1.07. The minimum atomic E-state index is -0.195. The highest BCUT2D eigenvalue weighted by atomic mass is 16.5. The molecular formula is C21H24N2O3. The van der Waals surface area contributed by atoms with Crippen LogP contribution in [-0.2, 0) is 22.6 Å². The Bertz CT molecular complexity index is 744. The van der Waals surface area contributed by atoms with Gasteiger partial charge in [0.15, 0.2) is 0 Å². The fourth-order valence-corrected chi connectivity index (χ4v) is 2.94. The Balaban J connectivity index is 1.36. The van der Waals surface area contributed by atoms with Crippen LogP contribution in [0.15, 0.2) is 54.6 Å². The third kappa shape index (κ3) is 4.85. The molecule has 1 aliphatic carbocycles. The van der Waals surface area contributed by atoms with Crippen LogP contribution in [0.3, 0.4) is 0 Å². The number of benzene rings is 2. The lowest BCUT2D eigenvalue weighted by molar-refractivity contribution is -0.127. The number of carbonyl (C=O) groups excluding carboxylic acids is 2. The topological polar surface area (TPSA) is 67.4 Å². The van der Waals surface area contributed by atoms with Crippen molar-refractivity contribution >= 4 is 11.8 Å². The average molecular weight is 352 g/mol. The fraction of sp³-hybridized carbons (Fsp3) is 0.333. The van der Waals surface area contributed by atoms with Gasteiger partial charge in [0.1, 0.15) is 5.75 Å². The van der Waals surface area contributed by atoms with Crippen molar-refractivity contribution in [3.63, 3.8) is 0 Å². The zero-order chi connectivity index (χ0) is 18.4. The summed E-state index contributed by atoms with van der Waals surface area (Å²) in [5, 5.41) is 5.84. The first-order valence-electron chi connectivity index (χ1n) is 8.89. The quantitative estimate of drug-likeness (QED) is 0.766. The highest BCUT2D eigenvalue weighted by molar-refractivity contribution is 5.92. The highest BCUT2D eigenvalue weighted by Gasteiger charge is 2.47. The summed E-state index contributed by atoms with van der Waals surface area (Å²) in [6, 6.07) is 17.6. The molecule has 136 valence electrons. The van der Waals surface area contributed by atoms with Crippen LogP contribution in [0.5, 0.6) is 5.75 Å². The van der Waals surface area contributed by atoms with Gasteiger partial charge in [0.05, 0.1) is 18.9 Å². The molecule has 2 unspecified atom stereocenters. The number of hydrogen-bond donors (Lipinski definition) is 2. The third-order valence-corrected chi connectivity index (χ3v) is 4.65. The van der Waals surface area contributed by atoms with Crippen molar-refractivity contribution in [1.82, 2.24) is 10.6 Å². The molecule has 5 nitrogen and oxygen atoms in total. The van der Waals surface area contributed by atoms with Gasteiger partial charge in [-0.1, -0.05) is 42.5 Å². The predicted molar refractivity (Wildman–Crippen MR) is 99.6 cm³/mol. The molecule has 2 amide bonds. The number of hydrogen-bond acceptors (Lipinski definition) is 3. The number of methoxy groups -OCH3 is 1. The van der Waals surface area contributed by atoms with Crippen LogP contribution in [0.25, 0.3) is 0 Å². The van der Waals surface area contributed by atoms with Crippen LogP contribution < -0.4 is 15.4 Å². The minimum Gasteiger partial charge on any atom is -0.497 e. The first-order valence-corrected chi connectivity index (χ1v) is 8.89. The average Bonchev–Trinajstić information content (AvgIpc) is 3.48. The largest absolute Gasteiger partial charge is 0.497 e. The number of nitrogens with one attached hydrogen (secondary N) is 2. The smallest absolute Gasteiger partial charge is 0.224 e. The van der Waals surface area contributed by atoms with E-state index in [1.165, 1.54) is 0 Å². The molecule has 3 rings (SSSR count). The van der Waals surface area contributed by atoms with E-state index in [2.05, 4.69) is 10.6 Å². The number of ether oxygens (including phenoxy) is 1. The minimum absolute atomic E-state index is 0.0293. The molecule has 26 heavy (non-hydrogen) atoms. The molecule has 2 N–H and O–H groups in total. The zero-order valence-corrected chi connectivity index (χ0v) is 14.9. The van der Waals surface area contributed by atoms with Crippen LogP contribution in [0, 0.1) is 11.8 Å². The molecule has 2 atom stereocenters. The van der Waals surface area contributed by atoms with E-state index in [0.29, 0.717) is 19.5 Å². The van der Waals surface area contributed by atoms with E-state index in [1.807, 2.05) is 54.6 Å². The van der Waals surface area contributed by atoms with E-state index in [0.717, 1.165) is 23.3 Å². The Hall–Kier alpha value is -2.82. The van der Waals surface area contributed by atoms with Crippen LogP contribution >= 0.6 is 0 Å². The Morgan fingerprint density at radius 2 is 1.58 bits per heavy atom. The molecule has 1 aliphatic rings. The standard InChI is InChI=1S/C21H24N2O3/c1-26-17-9-7-15(8-10-17)11-12-22-20(24)18-13-19(18)21(25)23-14-16-5-3-2-4-6-16/h2-10,18-19H,11-14H2,1H3,(H,22,24)(H,23,25). The zero-order valence-electron chi connectivity index (χ0n) is 14.9. The predicted octanol–water partition coefficient (Wildman–Crippen LogP) is 2.31. The van der Waals surface area contributed by atoms with Crippen molar-refractivity contribution in [2.24, 2.45) is 11.8 Å². The summed E-state index contributed by atoms with van der Waals surface area (Å²) in [5.41, 5.74) is 2.20. The van der Waals surface area contributed by atoms with Gasteiger partial charge in [-0.2, -0.15) is 0 Å². The van der Waals surface area contributed by atoms with Gasteiger partial charge >= 0.3 is 0 Å². The molecule has 0 bridgehead atoms.